The van der Waals surface area contributed by atoms with Crippen molar-refractivity contribution in [3.63, 3.8) is 0 Å². The van der Waals surface area contributed by atoms with Crippen molar-refractivity contribution >= 4 is 23.8 Å². The summed E-state index contributed by atoms with van der Waals surface area (Å²) in [6.45, 7) is 0. The second-order valence-corrected chi connectivity index (χ2v) is 6.56. The molecule has 0 aliphatic rings. The maximum Gasteiger partial charge on any atom is 1.00 e. The van der Waals surface area contributed by atoms with E-state index in [2.05, 4.69) is 91.0 Å². The number of hydrogen-bond acceptors (Lipinski definition) is 0. The third-order valence-electron chi connectivity index (χ3n) is 3.04. The van der Waals surface area contributed by atoms with Crippen LogP contribution >= 0.6 is 7.92 Å². The van der Waals surface area contributed by atoms with Crippen LogP contribution in [0.3, 0.4) is 0 Å². The van der Waals surface area contributed by atoms with Crippen molar-refractivity contribution in [2.45, 2.75) is 0 Å². The van der Waals surface area contributed by atoms with Crippen LogP contribution in [0.4, 0.5) is 0 Å². The largest absolute Gasteiger partial charge is 1.00 e. The van der Waals surface area contributed by atoms with Crippen molar-refractivity contribution in [1.82, 2.24) is 0 Å². The third-order valence-corrected chi connectivity index (χ3v) is 5.49. The summed E-state index contributed by atoms with van der Waals surface area (Å²) in [6, 6.07) is 32.3. The standard InChI is InChI=1S/C18H15P.Ru/c1-4-10-16(11-5-1)19(17-12-6-2-7-13-17)18-14-8-3-9-15-18;/h1-15H;/q;+1. The van der Waals surface area contributed by atoms with Gasteiger partial charge in [-0.25, -0.2) is 0 Å². The van der Waals surface area contributed by atoms with Crippen LogP contribution in [0, 0.1) is 0 Å². The fraction of sp³-hybridized carbons (Fsp3) is 0. The first-order chi connectivity index (χ1) is 9.45. The van der Waals surface area contributed by atoms with Crippen LogP contribution in [0.5, 0.6) is 0 Å². The zero-order valence-corrected chi connectivity index (χ0v) is 13.6. The molecule has 0 heterocycles. The van der Waals surface area contributed by atoms with Crippen molar-refractivity contribution in [2.24, 2.45) is 0 Å². The van der Waals surface area contributed by atoms with Crippen LogP contribution < -0.4 is 15.9 Å². The zero-order valence-electron chi connectivity index (χ0n) is 11.0. The first-order valence-corrected chi connectivity index (χ1v) is 7.74. The Balaban J connectivity index is 0.00000147. The molecule has 1 radical (unpaired) electrons. The van der Waals surface area contributed by atoms with Crippen LogP contribution in [0.2, 0.25) is 0 Å². The van der Waals surface area contributed by atoms with Gasteiger partial charge in [-0.2, -0.15) is 0 Å². The molecule has 99 valence electrons. The summed E-state index contributed by atoms with van der Waals surface area (Å²) in [6.07, 6.45) is 0. The molecule has 0 saturated heterocycles. The topological polar surface area (TPSA) is 0 Å². The summed E-state index contributed by atoms with van der Waals surface area (Å²) in [7, 11) is -0.446. The Hall–Kier alpha value is -1.29. The summed E-state index contributed by atoms with van der Waals surface area (Å²) in [5, 5.41) is 4.19. The summed E-state index contributed by atoms with van der Waals surface area (Å²) in [4.78, 5) is 0. The van der Waals surface area contributed by atoms with E-state index in [4.69, 9.17) is 0 Å². The SMILES string of the molecule is [Ru+].c1ccc(P(c2ccccc2)c2ccccc2)cc1. The average molecular weight is 363 g/mol. The van der Waals surface area contributed by atoms with Crippen molar-refractivity contribution in [3.05, 3.63) is 91.0 Å². The molecule has 0 atom stereocenters. The minimum absolute atomic E-state index is 0. The third kappa shape index (κ3) is 3.42. The number of rotatable bonds is 3. The molecule has 0 amide bonds. The van der Waals surface area contributed by atoms with Gasteiger partial charge < -0.3 is 0 Å². The van der Waals surface area contributed by atoms with E-state index in [1.165, 1.54) is 15.9 Å². The molecule has 0 fully saturated rings. The van der Waals surface area contributed by atoms with Crippen LogP contribution in [0.1, 0.15) is 0 Å². The molecule has 0 bridgehead atoms. The fourth-order valence-corrected chi connectivity index (χ4v) is 4.48. The van der Waals surface area contributed by atoms with Gasteiger partial charge in [0.25, 0.3) is 0 Å². The summed E-state index contributed by atoms with van der Waals surface area (Å²) < 4.78 is 0. The molecule has 0 spiro atoms. The summed E-state index contributed by atoms with van der Waals surface area (Å²) in [5.74, 6) is 0. The fourth-order valence-electron chi connectivity index (χ4n) is 2.18. The molecule has 0 aliphatic carbocycles. The minimum Gasteiger partial charge on any atom is -0.0622 e. The Kier molecular flexibility index (Phi) is 5.65. The second kappa shape index (κ2) is 7.48. The van der Waals surface area contributed by atoms with E-state index in [-0.39, 0.29) is 19.5 Å². The normalized spacial score (nSPS) is 10.1. The molecule has 3 aromatic carbocycles. The van der Waals surface area contributed by atoms with E-state index in [0.29, 0.717) is 0 Å². The van der Waals surface area contributed by atoms with Gasteiger partial charge in [0.15, 0.2) is 0 Å². The van der Waals surface area contributed by atoms with Gasteiger partial charge in [0, 0.05) is 0 Å². The predicted octanol–water partition coefficient (Wildman–Crippen LogP) is 3.44. The molecule has 0 unspecified atom stereocenters. The van der Waals surface area contributed by atoms with Gasteiger partial charge in [-0.05, 0) is 23.8 Å². The van der Waals surface area contributed by atoms with Gasteiger partial charge in [0.1, 0.15) is 0 Å². The molecule has 3 aromatic rings. The first kappa shape index (κ1) is 15.1. The van der Waals surface area contributed by atoms with E-state index in [9.17, 15) is 0 Å². The number of hydrogen-bond donors (Lipinski definition) is 0. The Morgan fingerprint density at radius 3 is 0.900 bits per heavy atom. The van der Waals surface area contributed by atoms with Gasteiger partial charge >= 0.3 is 19.5 Å². The first-order valence-electron chi connectivity index (χ1n) is 6.40. The Labute approximate surface area is 134 Å². The average Bonchev–Trinajstić information content (AvgIpc) is 2.51. The molecule has 3 rings (SSSR count). The quantitative estimate of drug-likeness (QED) is 0.494. The Morgan fingerprint density at radius 2 is 0.650 bits per heavy atom. The van der Waals surface area contributed by atoms with Crippen LogP contribution in [-0.2, 0) is 19.5 Å². The van der Waals surface area contributed by atoms with Crippen molar-refractivity contribution in [1.29, 1.82) is 0 Å². The molecular formula is C18H15PRu+. The van der Waals surface area contributed by atoms with E-state index in [0.717, 1.165) is 0 Å². The molecule has 0 aliphatic heterocycles. The second-order valence-electron chi connectivity index (χ2n) is 4.34. The van der Waals surface area contributed by atoms with Crippen LogP contribution in [0.25, 0.3) is 0 Å². The molecule has 0 N–H and O–H groups in total. The Morgan fingerprint density at radius 1 is 0.400 bits per heavy atom. The van der Waals surface area contributed by atoms with Crippen molar-refractivity contribution in [3.8, 4) is 0 Å². The zero-order chi connectivity index (χ0) is 12.9. The van der Waals surface area contributed by atoms with Gasteiger partial charge in [0.2, 0.25) is 0 Å². The Bertz CT molecular complexity index is 529. The maximum atomic E-state index is 2.23. The molecule has 0 aromatic heterocycles. The van der Waals surface area contributed by atoms with Gasteiger partial charge in [-0.3, -0.25) is 0 Å². The molecule has 0 nitrogen and oxygen atoms in total. The predicted molar refractivity (Wildman–Crippen MR) is 85.1 cm³/mol. The van der Waals surface area contributed by atoms with E-state index in [1.807, 2.05) is 0 Å². The van der Waals surface area contributed by atoms with Gasteiger partial charge in [-0.1, -0.05) is 91.0 Å². The monoisotopic (exact) mass is 364 g/mol. The smallest absolute Gasteiger partial charge is 0.0622 e. The van der Waals surface area contributed by atoms with Crippen LogP contribution in [-0.4, -0.2) is 0 Å². The van der Waals surface area contributed by atoms with Gasteiger partial charge in [-0.15, -0.1) is 0 Å². The van der Waals surface area contributed by atoms with E-state index in [1.54, 1.807) is 0 Å². The van der Waals surface area contributed by atoms with Crippen molar-refractivity contribution < 1.29 is 19.5 Å². The maximum absolute atomic E-state index is 2.23. The minimum atomic E-state index is -0.446. The molecule has 0 saturated carbocycles. The molecule has 2 heteroatoms. The van der Waals surface area contributed by atoms with Gasteiger partial charge in [0.05, 0.1) is 0 Å². The van der Waals surface area contributed by atoms with E-state index >= 15 is 0 Å². The van der Waals surface area contributed by atoms with Crippen molar-refractivity contribution in [2.75, 3.05) is 0 Å². The van der Waals surface area contributed by atoms with Crippen LogP contribution in [0.15, 0.2) is 91.0 Å². The summed E-state index contributed by atoms with van der Waals surface area (Å²) >= 11 is 0. The molecular weight excluding hydrogens is 348 g/mol. The van der Waals surface area contributed by atoms with E-state index < -0.39 is 7.92 Å². The number of benzene rings is 3. The molecule has 20 heavy (non-hydrogen) atoms. The summed E-state index contributed by atoms with van der Waals surface area (Å²) in [5.41, 5.74) is 0.